The van der Waals surface area contributed by atoms with E-state index in [9.17, 15) is 10.2 Å². The molecule has 0 unspecified atom stereocenters. The summed E-state index contributed by atoms with van der Waals surface area (Å²) in [5, 5.41) is 21.8. The molecule has 0 atom stereocenters. The van der Waals surface area contributed by atoms with Crippen molar-refractivity contribution in [3.63, 3.8) is 0 Å². The molecule has 0 aliphatic rings. The van der Waals surface area contributed by atoms with E-state index in [0.29, 0.717) is 12.2 Å². The molecule has 2 rings (SSSR count). The van der Waals surface area contributed by atoms with E-state index in [1.54, 1.807) is 12.1 Å². The van der Waals surface area contributed by atoms with Gasteiger partial charge in [-0.25, -0.2) is 0 Å². The molecule has 0 heterocycles. The second-order valence-electron chi connectivity index (χ2n) is 3.83. The van der Waals surface area contributed by atoms with Gasteiger partial charge in [-0.1, -0.05) is 0 Å². The smallest absolute Gasteiger partial charge is 0.119 e. The summed E-state index contributed by atoms with van der Waals surface area (Å²) in [5.74, 6) is 0.109. The molecular weight excluding hydrogens is 252 g/mol. The van der Waals surface area contributed by atoms with E-state index in [-0.39, 0.29) is 23.9 Å². The summed E-state index contributed by atoms with van der Waals surface area (Å²) < 4.78 is 0. The zero-order valence-corrected chi connectivity index (χ0v) is 10.4. The lowest BCUT2D eigenvalue weighted by atomic mass is 10.2. The van der Waals surface area contributed by atoms with Crippen molar-refractivity contribution in [1.82, 2.24) is 0 Å². The highest BCUT2D eigenvalue weighted by Crippen LogP contribution is 2.21. The largest absolute Gasteiger partial charge is 0.508 e. The first-order valence-corrected chi connectivity index (χ1v) is 5.25. The third-order valence-corrected chi connectivity index (χ3v) is 2.37. The molecule has 0 spiro atoms. The average molecular weight is 267 g/mol. The van der Waals surface area contributed by atoms with Gasteiger partial charge in [-0.3, -0.25) is 0 Å². The van der Waals surface area contributed by atoms with Crippen LogP contribution in [0.3, 0.4) is 0 Å². The SMILES string of the molecule is Cl.Nc1ccc(NCc2cc(O)cc(O)c2)cc1. The van der Waals surface area contributed by atoms with Crippen molar-refractivity contribution in [3.8, 4) is 11.5 Å². The summed E-state index contributed by atoms with van der Waals surface area (Å²) in [7, 11) is 0. The van der Waals surface area contributed by atoms with Gasteiger partial charge in [-0.15, -0.1) is 12.4 Å². The highest BCUT2D eigenvalue weighted by Gasteiger charge is 1.99. The van der Waals surface area contributed by atoms with E-state index in [4.69, 9.17) is 5.73 Å². The van der Waals surface area contributed by atoms with Crippen molar-refractivity contribution >= 4 is 23.8 Å². The van der Waals surface area contributed by atoms with Gasteiger partial charge in [0.2, 0.25) is 0 Å². The Bertz CT molecular complexity index is 495. The first-order valence-electron chi connectivity index (χ1n) is 5.25. The number of phenolic OH excluding ortho intramolecular Hbond substituents is 2. The third kappa shape index (κ3) is 3.75. The van der Waals surface area contributed by atoms with Crippen LogP contribution in [0.1, 0.15) is 5.56 Å². The van der Waals surface area contributed by atoms with Gasteiger partial charge in [0, 0.05) is 24.0 Å². The molecule has 0 saturated carbocycles. The van der Waals surface area contributed by atoms with Crippen LogP contribution in [0.5, 0.6) is 11.5 Å². The molecule has 0 bridgehead atoms. The number of benzene rings is 2. The van der Waals surface area contributed by atoms with Crippen molar-refractivity contribution < 1.29 is 10.2 Å². The fourth-order valence-electron chi connectivity index (χ4n) is 1.56. The number of phenols is 2. The third-order valence-electron chi connectivity index (χ3n) is 2.37. The Morgan fingerprint density at radius 1 is 0.944 bits per heavy atom. The second-order valence-corrected chi connectivity index (χ2v) is 3.83. The van der Waals surface area contributed by atoms with Crippen molar-refractivity contribution in [2.45, 2.75) is 6.54 Å². The van der Waals surface area contributed by atoms with Crippen LogP contribution < -0.4 is 11.1 Å². The number of hydrogen-bond donors (Lipinski definition) is 4. The Labute approximate surface area is 111 Å². The van der Waals surface area contributed by atoms with Crippen LogP contribution in [-0.4, -0.2) is 10.2 Å². The molecule has 18 heavy (non-hydrogen) atoms. The lowest BCUT2D eigenvalue weighted by molar-refractivity contribution is 0.449. The molecule has 5 N–H and O–H groups in total. The Morgan fingerprint density at radius 3 is 2.06 bits per heavy atom. The maximum Gasteiger partial charge on any atom is 0.119 e. The maximum atomic E-state index is 9.32. The Kier molecular flexibility index (Phi) is 4.68. The topological polar surface area (TPSA) is 78.5 Å². The zero-order valence-electron chi connectivity index (χ0n) is 9.63. The second kappa shape index (κ2) is 6.02. The Morgan fingerprint density at radius 2 is 1.50 bits per heavy atom. The molecular formula is C13H15ClN2O2. The molecule has 4 nitrogen and oxygen atoms in total. The highest BCUT2D eigenvalue weighted by molar-refractivity contribution is 5.85. The minimum Gasteiger partial charge on any atom is -0.508 e. The van der Waals surface area contributed by atoms with Gasteiger partial charge < -0.3 is 21.3 Å². The van der Waals surface area contributed by atoms with Crippen LogP contribution in [0.25, 0.3) is 0 Å². The molecule has 0 amide bonds. The van der Waals surface area contributed by atoms with Gasteiger partial charge in [0.15, 0.2) is 0 Å². The molecule has 0 aromatic heterocycles. The molecule has 0 aliphatic carbocycles. The fourth-order valence-corrected chi connectivity index (χ4v) is 1.56. The summed E-state index contributed by atoms with van der Waals surface area (Å²) in [6.07, 6.45) is 0. The Balaban J connectivity index is 0.00000162. The predicted molar refractivity (Wildman–Crippen MR) is 75.2 cm³/mol. The van der Waals surface area contributed by atoms with E-state index < -0.39 is 0 Å². The lowest BCUT2D eigenvalue weighted by Gasteiger charge is -2.07. The number of nitrogen functional groups attached to an aromatic ring is 1. The molecule has 5 heteroatoms. The number of nitrogens with one attached hydrogen (secondary N) is 1. The van der Waals surface area contributed by atoms with Gasteiger partial charge in [0.05, 0.1) is 0 Å². The van der Waals surface area contributed by atoms with Gasteiger partial charge in [0.1, 0.15) is 11.5 Å². The fraction of sp³-hybridized carbons (Fsp3) is 0.0769. The van der Waals surface area contributed by atoms with Gasteiger partial charge in [-0.2, -0.15) is 0 Å². The maximum absolute atomic E-state index is 9.32. The van der Waals surface area contributed by atoms with E-state index in [2.05, 4.69) is 5.32 Å². The summed E-state index contributed by atoms with van der Waals surface area (Å²) in [6.45, 7) is 0.520. The van der Waals surface area contributed by atoms with Crippen LogP contribution >= 0.6 is 12.4 Å². The van der Waals surface area contributed by atoms with E-state index in [1.807, 2.05) is 24.3 Å². The van der Waals surface area contributed by atoms with Crippen molar-refractivity contribution in [1.29, 1.82) is 0 Å². The zero-order chi connectivity index (χ0) is 12.3. The van der Waals surface area contributed by atoms with E-state index >= 15 is 0 Å². The molecule has 2 aromatic rings. The predicted octanol–water partition coefficient (Wildman–Crippen LogP) is 2.71. The quantitative estimate of drug-likeness (QED) is 0.644. The molecule has 0 saturated heterocycles. The van der Waals surface area contributed by atoms with Crippen LogP contribution in [0.2, 0.25) is 0 Å². The Hall–Kier alpha value is -2.07. The molecule has 0 fully saturated rings. The van der Waals surface area contributed by atoms with Crippen LogP contribution in [0.15, 0.2) is 42.5 Å². The van der Waals surface area contributed by atoms with Crippen LogP contribution in [0.4, 0.5) is 11.4 Å². The summed E-state index contributed by atoms with van der Waals surface area (Å²) in [4.78, 5) is 0. The van der Waals surface area contributed by atoms with Crippen LogP contribution in [-0.2, 0) is 6.54 Å². The molecule has 0 radical (unpaired) electrons. The number of hydrogen-bond acceptors (Lipinski definition) is 4. The average Bonchev–Trinajstić information content (AvgIpc) is 2.27. The monoisotopic (exact) mass is 266 g/mol. The highest BCUT2D eigenvalue weighted by atomic mass is 35.5. The summed E-state index contributed by atoms with van der Waals surface area (Å²) in [5.41, 5.74) is 8.03. The van der Waals surface area contributed by atoms with Gasteiger partial charge in [0.25, 0.3) is 0 Å². The molecule has 2 aromatic carbocycles. The number of halogens is 1. The van der Waals surface area contributed by atoms with Crippen molar-refractivity contribution in [2.75, 3.05) is 11.1 Å². The normalized spacial score (nSPS) is 9.56. The first-order chi connectivity index (χ1) is 8.13. The van der Waals surface area contributed by atoms with E-state index in [1.165, 1.54) is 6.07 Å². The summed E-state index contributed by atoms with van der Waals surface area (Å²) >= 11 is 0. The van der Waals surface area contributed by atoms with Gasteiger partial charge >= 0.3 is 0 Å². The number of rotatable bonds is 3. The summed E-state index contributed by atoms with van der Waals surface area (Å²) in [6, 6.07) is 11.9. The number of aromatic hydroxyl groups is 2. The minimum atomic E-state index is 0. The van der Waals surface area contributed by atoms with Gasteiger partial charge in [-0.05, 0) is 42.0 Å². The van der Waals surface area contributed by atoms with Crippen molar-refractivity contribution in [3.05, 3.63) is 48.0 Å². The number of anilines is 2. The van der Waals surface area contributed by atoms with Crippen LogP contribution in [0, 0.1) is 0 Å². The first kappa shape index (κ1) is 14.0. The number of nitrogens with two attached hydrogens (primary N) is 1. The molecule has 96 valence electrons. The van der Waals surface area contributed by atoms with E-state index in [0.717, 1.165) is 11.3 Å². The molecule has 0 aliphatic heterocycles. The standard InChI is InChI=1S/C13H14N2O2.ClH/c14-10-1-3-11(4-2-10)15-8-9-5-12(16)7-13(17)6-9;/h1-7,15-17H,8,14H2;1H. The van der Waals surface area contributed by atoms with Crippen molar-refractivity contribution in [2.24, 2.45) is 0 Å². The lowest BCUT2D eigenvalue weighted by Crippen LogP contribution is -1.99. The minimum absolute atomic E-state index is 0.